The zero-order valence-corrected chi connectivity index (χ0v) is 12.5. The lowest BCUT2D eigenvalue weighted by molar-refractivity contribution is 0.0820. The Hall–Kier alpha value is -1.44. The highest BCUT2D eigenvalue weighted by Gasteiger charge is 2.32. The van der Waals surface area contributed by atoms with Crippen LogP contribution in [0.1, 0.15) is 50.8 Å². The van der Waals surface area contributed by atoms with Crippen molar-refractivity contribution in [2.24, 2.45) is 0 Å². The summed E-state index contributed by atoms with van der Waals surface area (Å²) >= 11 is 0. The molecule has 2 heterocycles. The van der Waals surface area contributed by atoms with Gasteiger partial charge in [-0.1, -0.05) is 6.08 Å². The van der Waals surface area contributed by atoms with Crippen LogP contribution in [0.5, 0.6) is 11.5 Å². The van der Waals surface area contributed by atoms with Gasteiger partial charge in [-0.2, -0.15) is 0 Å². The van der Waals surface area contributed by atoms with Gasteiger partial charge in [-0.05, 0) is 65.2 Å². The highest BCUT2D eigenvalue weighted by molar-refractivity contribution is 5.68. The largest absolute Gasteiger partial charge is 0.487 e. The SMILES string of the molecule is Cc1c2c(cc3c1OC(C)(C)CC3)C=CC(C)(C)O2. The standard InChI is InChI=1S/C17H22O2/c1-11-14-12(6-8-16(2,3)18-14)10-13-7-9-17(4,5)19-15(11)13/h6,8,10H,7,9H2,1-5H3. The lowest BCUT2D eigenvalue weighted by Crippen LogP contribution is -2.34. The lowest BCUT2D eigenvalue weighted by atomic mass is 9.90. The maximum absolute atomic E-state index is 6.18. The van der Waals surface area contributed by atoms with E-state index in [1.54, 1.807) is 0 Å². The summed E-state index contributed by atoms with van der Waals surface area (Å²) in [5.41, 5.74) is 3.31. The Morgan fingerprint density at radius 3 is 2.53 bits per heavy atom. The predicted molar refractivity (Wildman–Crippen MR) is 77.9 cm³/mol. The summed E-state index contributed by atoms with van der Waals surface area (Å²) in [6, 6.07) is 2.22. The first kappa shape index (κ1) is 12.6. The average Bonchev–Trinajstić information content (AvgIpc) is 2.30. The van der Waals surface area contributed by atoms with E-state index in [0.717, 1.165) is 29.9 Å². The molecule has 0 atom stereocenters. The van der Waals surface area contributed by atoms with Gasteiger partial charge in [-0.15, -0.1) is 0 Å². The lowest BCUT2D eigenvalue weighted by Gasteiger charge is -2.36. The number of hydrogen-bond donors (Lipinski definition) is 0. The molecule has 0 N–H and O–H groups in total. The molecule has 0 radical (unpaired) electrons. The quantitative estimate of drug-likeness (QED) is 0.691. The van der Waals surface area contributed by atoms with Gasteiger partial charge in [0, 0.05) is 11.1 Å². The molecule has 2 nitrogen and oxygen atoms in total. The first-order chi connectivity index (χ1) is 8.77. The molecule has 0 aromatic heterocycles. The zero-order valence-electron chi connectivity index (χ0n) is 12.5. The number of hydrogen-bond acceptors (Lipinski definition) is 2. The van der Waals surface area contributed by atoms with Crippen LogP contribution in [0.15, 0.2) is 12.1 Å². The van der Waals surface area contributed by atoms with Crippen LogP contribution in [0.25, 0.3) is 6.08 Å². The average molecular weight is 258 g/mol. The van der Waals surface area contributed by atoms with E-state index < -0.39 is 0 Å². The second-order valence-corrected chi connectivity index (χ2v) is 6.81. The van der Waals surface area contributed by atoms with Crippen LogP contribution in [0.3, 0.4) is 0 Å². The third kappa shape index (κ3) is 2.13. The van der Waals surface area contributed by atoms with E-state index in [9.17, 15) is 0 Å². The topological polar surface area (TPSA) is 18.5 Å². The Labute approximate surface area is 115 Å². The number of rotatable bonds is 0. The van der Waals surface area contributed by atoms with Crippen molar-refractivity contribution in [3.05, 3.63) is 28.8 Å². The summed E-state index contributed by atoms with van der Waals surface area (Å²) in [7, 11) is 0. The molecular formula is C17H22O2. The third-order valence-corrected chi connectivity index (χ3v) is 3.97. The van der Waals surface area contributed by atoms with Gasteiger partial charge in [-0.25, -0.2) is 0 Å². The summed E-state index contributed by atoms with van der Waals surface area (Å²) < 4.78 is 12.3. The number of fused-ring (bicyclic) bond motifs is 2. The molecule has 0 amide bonds. The monoisotopic (exact) mass is 258 g/mol. The van der Waals surface area contributed by atoms with E-state index in [0.29, 0.717) is 0 Å². The Morgan fingerprint density at radius 2 is 1.79 bits per heavy atom. The van der Waals surface area contributed by atoms with Crippen LogP contribution in [0.4, 0.5) is 0 Å². The minimum absolute atomic E-state index is 0.0774. The van der Waals surface area contributed by atoms with E-state index in [-0.39, 0.29) is 11.2 Å². The van der Waals surface area contributed by atoms with E-state index in [1.165, 1.54) is 11.1 Å². The maximum atomic E-state index is 6.18. The summed E-state index contributed by atoms with van der Waals surface area (Å²) in [6.45, 7) is 10.6. The molecule has 1 aromatic carbocycles. The third-order valence-electron chi connectivity index (χ3n) is 3.97. The van der Waals surface area contributed by atoms with Crippen LogP contribution >= 0.6 is 0 Å². The molecule has 0 aliphatic carbocycles. The Bertz CT molecular complexity index is 565. The molecule has 0 saturated heterocycles. The van der Waals surface area contributed by atoms with E-state index in [2.05, 4.69) is 52.8 Å². The van der Waals surface area contributed by atoms with Crippen molar-refractivity contribution in [1.82, 2.24) is 0 Å². The molecule has 2 heteroatoms. The summed E-state index contributed by atoms with van der Waals surface area (Å²) in [5.74, 6) is 2.00. The molecular weight excluding hydrogens is 236 g/mol. The maximum Gasteiger partial charge on any atom is 0.134 e. The Kier molecular flexibility index (Phi) is 2.51. The molecule has 3 rings (SSSR count). The molecule has 0 bridgehead atoms. The normalized spacial score (nSPS) is 21.9. The second-order valence-electron chi connectivity index (χ2n) is 6.81. The number of aryl methyl sites for hydroxylation is 1. The van der Waals surface area contributed by atoms with Crippen molar-refractivity contribution < 1.29 is 9.47 Å². The first-order valence-corrected chi connectivity index (χ1v) is 7.01. The smallest absolute Gasteiger partial charge is 0.134 e. The fourth-order valence-electron chi connectivity index (χ4n) is 2.82. The molecule has 0 fully saturated rings. The first-order valence-electron chi connectivity index (χ1n) is 7.01. The number of ether oxygens (including phenoxy) is 2. The van der Waals surface area contributed by atoms with Crippen LogP contribution in [0, 0.1) is 6.92 Å². The van der Waals surface area contributed by atoms with Crippen molar-refractivity contribution in [2.45, 2.75) is 58.7 Å². The van der Waals surface area contributed by atoms with Crippen molar-refractivity contribution in [1.29, 1.82) is 0 Å². The van der Waals surface area contributed by atoms with Crippen molar-refractivity contribution in [3.63, 3.8) is 0 Å². The molecule has 2 aliphatic heterocycles. The van der Waals surface area contributed by atoms with Gasteiger partial charge in [0.05, 0.1) is 0 Å². The Balaban J connectivity index is 2.13. The molecule has 2 aliphatic rings. The molecule has 102 valence electrons. The van der Waals surface area contributed by atoms with Crippen molar-refractivity contribution in [2.75, 3.05) is 0 Å². The van der Waals surface area contributed by atoms with Crippen LogP contribution < -0.4 is 9.47 Å². The molecule has 0 saturated carbocycles. The highest BCUT2D eigenvalue weighted by atomic mass is 16.5. The van der Waals surface area contributed by atoms with Gasteiger partial charge in [0.25, 0.3) is 0 Å². The second kappa shape index (κ2) is 3.78. The van der Waals surface area contributed by atoms with E-state index in [1.807, 2.05) is 0 Å². The minimum atomic E-state index is -0.240. The summed E-state index contributed by atoms with van der Waals surface area (Å²) in [6.07, 6.45) is 6.43. The van der Waals surface area contributed by atoms with Crippen LogP contribution in [-0.4, -0.2) is 11.2 Å². The fraction of sp³-hybridized carbons (Fsp3) is 0.529. The molecule has 1 aromatic rings. The van der Waals surface area contributed by atoms with Gasteiger partial charge in [0.15, 0.2) is 0 Å². The van der Waals surface area contributed by atoms with E-state index in [4.69, 9.17) is 9.47 Å². The number of benzene rings is 1. The van der Waals surface area contributed by atoms with Gasteiger partial charge < -0.3 is 9.47 Å². The van der Waals surface area contributed by atoms with Crippen LogP contribution in [-0.2, 0) is 6.42 Å². The van der Waals surface area contributed by atoms with Gasteiger partial charge in [-0.3, -0.25) is 0 Å². The zero-order chi connectivity index (χ0) is 13.8. The van der Waals surface area contributed by atoms with Gasteiger partial charge in [0.1, 0.15) is 22.7 Å². The molecule has 0 unspecified atom stereocenters. The predicted octanol–water partition coefficient (Wildman–Crippen LogP) is 4.28. The van der Waals surface area contributed by atoms with Crippen molar-refractivity contribution in [3.8, 4) is 11.5 Å². The summed E-state index contributed by atoms with van der Waals surface area (Å²) in [4.78, 5) is 0. The molecule has 19 heavy (non-hydrogen) atoms. The highest BCUT2D eigenvalue weighted by Crippen LogP contribution is 2.44. The minimum Gasteiger partial charge on any atom is -0.487 e. The van der Waals surface area contributed by atoms with Crippen molar-refractivity contribution >= 4 is 6.08 Å². The van der Waals surface area contributed by atoms with E-state index >= 15 is 0 Å². The van der Waals surface area contributed by atoms with Crippen LogP contribution in [0.2, 0.25) is 0 Å². The summed E-state index contributed by atoms with van der Waals surface area (Å²) in [5, 5.41) is 0. The fourth-order valence-corrected chi connectivity index (χ4v) is 2.82. The van der Waals surface area contributed by atoms with Gasteiger partial charge >= 0.3 is 0 Å². The van der Waals surface area contributed by atoms with Gasteiger partial charge in [0.2, 0.25) is 0 Å². The molecule has 0 spiro atoms. The Morgan fingerprint density at radius 1 is 1.05 bits per heavy atom.